The lowest BCUT2D eigenvalue weighted by atomic mass is 9.92. The Morgan fingerprint density at radius 3 is 2.31 bits per heavy atom. The Balaban J connectivity index is 1.69. The first-order chi connectivity index (χ1) is 24.3. The number of ether oxygens (including phenoxy) is 5. The van der Waals surface area contributed by atoms with E-state index >= 15 is 0 Å². The molecule has 9 heteroatoms. The summed E-state index contributed by atoms with van der Waals surface area (Å²) in [6.45, 7) is 25.1. The number of hydrogen-bond donors (Lipinski definition) is 1. The number of aliphatic hydroxyl groups is 1. The van der Waals surface area contributed by atoms with Crippen molar-refractivity contribution in [2.75, 3.05) is 20.5 Å². The molecule has 3 rings (SSSR count). The third-order valence-electron chi connectivity index (χ3n) is 11.3. The van der Waals surface area contributed by atoms with Gasteiger partial charge in [0.05, 0.1) is 26.4 Å². The number of benzene rings is 1. The van der Waals surface area contributed by atoms with E-state index in [-0.39, 0.29) is 47.7 Å². The molecule has 2 aliphatic heterocycles. The molecule has 1 N–H and O–H groups in total. The molecule has 2 saturated heterocycles. The van der Waals surface area contributed by atoms with Gasteiger partial charge in [0.15, 0.2) is 14.1 Å². The standard InChI is InChI=1S/C43H70O7Si2/c1-14-22-33(3)39(44)41(46-31-45-9)40-38(51(10,11)35-25-16-15-17-26-35)29-34(48-40)24-19-21-28-37-36(49-43(7,8)50-37)27-20-18-23-32(2)30-47-52(12,13)42(4,5)6/h1,15-18,20-21,23,25-28,32-34,36-41,44H,19,22,24,29-31H2,2-13H3/b23-18?,27-20+,28-21-/t32-,33-,34+,36-,37-,38+,39-,40+,41+/m1/s1. The smallest absolute Gasteiger partial charge is 0.192 e. The molecule has 0 unspecified atom stereocenters. The van der Waals surface area contributed by atoms with Gasteiger partial charge < -0.3 is 33.2 Å². The first-order valence-electron chi connectivity index (χ1n) is 19.3. The van der Waals surface area contributed by atoms with Crippen molar-refractivity contribution in [3.63, 3.8) is 0 Å². The van der Waals surface area contributed by atoms with Crippen LogP contribution < -0.4 is 5.19 Å². The highest BCUT2D eigenvalue weighted by Crippen LogP contribution is 2.44. The Morgan fingerprint density at radius 1 is 1.04 bits per heavy atom. The monoisotopic (exact) mass is 754 g/mol. The Hall–Kier alpha value is -1.85. The summed E-state index contributed by atoms with van der Waals surface area (Å²) in [5.41, 5.74) is 0.231. The summed E-state index contributed by atoms with van der Waals surface area (Å²) in [6.07, 6.45) is 19.5. The van der Waals surface area contributed by atoms with E-state index in [0.29, 0.717) is 12.3 Å². The minimum absolute atomic E-state index is 0.0274. The van der Waals surface area contributed by atoms with Crippen LogP contribution in [0.2, 0.25) is 36.8 Å². The Bertz CT molecular complexity index is 1340. The lowest BCUT2D eigenvalue weighted by molar-refractivity contribution is -0.169. The molecule has 292 valence electrons. The Morgan fingerprint density at radius 2 is 1.69 bits per heavy atom. The highest BCUT2D eigenvalue weighted by molar-refractivity contribution is 6.91. The predicted molar refractivity (Wildman–Crippen MR) is 219 cm³/mol. The van der Waals surface area contributed by atoms with Crippen LogP contribution >= 0.6 is 0 Å². The number of hydrogen-bond acceptors (Lipinski definition) is 7. The number of methoxy groups -OCH3 is 1. The molecule has 2 aliphatic rings. The summed E-state index contributed by atoms with van der Waals surface area (Å²) >= 11 is 0. The van der Waals surface area contributed by atoms with Gasteiger partial charge in [0, 0.05) is 20.1 Å². The summed E-state index contributed by atoms with van der Waals surface area (Å²) in [7, 11) is -2.23. The molecule has 0 bridgehead atoms. The van der Waals surface area contributed by atoms with Gasteiger partial charge in [0.1, 0.15) is 25.1 Å². The van der Waals surface area contributed by atoms with Crippen molar-refractivity contribution >= 4 is 21.6 Å². The van der Waals surface area contributed by atoms with Crippen LogP contribution in [0.5, 0.6) is 0 Å². The Kier molecular flexibility index (Phi) is 16.8. The topological polar surface area (TPSA) is 75.6 Å². The van der Waals surface area contributed by atoms with Gasteiger partial charge in [-0.3, -0.25) is 0 Å². The van der Waals surface area contributed by atoms with Crippen molar-refractivity contribution in [1.82, 2.24) is 0 Å². The van der Waals surface area contributed by atoms with E-state index in [1.165, 1.54) is 5.19 Å². The largest absolute Gasteiger partial charge is 0.416 e. The van der Waals surface area contributed by atoms with Crippen LogP contribution in [-0.2, 0) is 28.1 Å². The predicted octanol–water partition coefficient (Wildman–Crippen LogP) is 8.77. The van der Waals surface area contributed by atoms with Crippen LogP contribution in [0.1, 0.15) is 74.1 Å². The van der Waals surface area contributed by atoms with Crippen molar-refractivity contribution in [2.24, 2.45) is 11.8 Å². The van der Waals surface area contributed by atoms with E-state index in [1.807, 2.05) is 20.8 Å². The van der Waals surface area contributed by atoms with Gasteiger partial charge in [-0.25, -0.2) is 0 Å². The summed E-state index contributed by atoms with van der Waals surface area (Å²) in [6, 6.07) is 10.8. The average Bonchev–Trinajstić information content (AvgIpc) is 3.64. The first kappa shape index (κ1) is 44.5. The average molecular weight is 755 g/mol. The number of aliphatic hydroxyl groups excluding tert-OH is 1. The minimum atomic E-state index is -2.06. The molecular weight excluding hydrogens is 685 g/mol. The van der Waals surface area contributed by atoms with Gasteiger partial charge in [-0.05, 0) is 68.6 Å². The van der Waals surface area contributed by atoms with E-state index < -0.39 is 34.4 Å². The molecule has 0 saturated carbocycles. The van der Waals surface area contributed by atoms with Gasteiger partial charge in [-0.1, -0.05) is 120 Å². The number of terminal acetylenes is 1. The summed E-state index contributed by atoms with van der Waals surface area (Å²) in [5, 5.41) is 13.1. The third kappa shape index (κ3) is 12.6. The van der Waals surface area contributed by atoms with Gasteiger partial charge in [-0.2, -0.15) is 0 Å². The molecule has 9 atom stereocenters. The highest BCUT2D eigenvalue weighted by atomic mass is 28.4. The second-order valence-corrected chi connectivity index (χ2v) is 27.0. The van der Waals surface area contributed by atoms with Crippen LogP contribution in [0, 0.1) is 24.2 Å². The number of rotatable bonds is 19. The molecule has 52 heavy (non-hydrogen) atoms. The van der Waals surface area contributed by atoms with E-state index in [1.54, 1.807) is 7.11 Å². The zero-order valence-corrected chi connectivity index (χ0v) is 36.3. The second kappa shape index (κ2) is 19.7. The molecule has 2 fully saturated rings. The highest BCUT2D eigenvalue weighted by Gasteiger charge is 2.51. The summed E-state index contributed by atoms with van der Waals surface area (Å²) in [4.78, 5) is 0. The maximum absolute atomic E-state index is 11.5. The van der Waals surface area contributed by atoms with Gasteiger partial charge in [0.2, 0.25) is 0 Å². The third-order valence-corrected chi connectivity index (χ3v) is 20.0. The van der Waals surface area contributed by atoms with E-state index in [9.17, 15) is 5.11 Å². The first-order valence-corrected chi connectivity index (χ1v) is 25.3. The zero-order chi connectivity index (χ0) is 38.7. The maximum atomic E-state index is 11.5. The van der Waals surface area contributed by atoms with E-state index in [4.69, 9.17) is 34.5 Å². The number of allylic oxidation sites excluding steroid dienone is 3. The molecule has 0 spiro atoms. The minimum Gasteiger partial charge on any atom is -0.416 e. The van der Waals surface area contributed by atoms with Gasteiger partial charge >= 0.3 is 0 Å². The van der Waals surface area contributed by atoms with Crippen LogP contribution in [0.3, 0.4) is 0 Å². The molecule has 0 aromatic heterocycles. The lowest BCUT2D eigenvalue weighted by Gasteiger charge is -2.39. The molecule has 7 nitrogen and oxygen atoms in total. The molecule has 2 heterocycles. The van der Waals surface area contributed by atoms with E-state index in [2.05, 4.69) is 127 Å². The summed E-state index contributed by atoms with van der Waals surface area (Å²) < 4.78 is 37.4. The molecule has 1 aromatic carbocycles. The fourth-order valence-electron chi connectivity index (χ4n) is 6.90. The van der Waals surface area contributed by atoms with Crippen molar-refractivity contribution in [3.05, 3.63) is 66.8 Å². The SMILES string of the molecule is C#CC[C@@H](C)[C@@H](O)[C@H](OCOC)[C@H]1O[C@@H](CC/C=C\[C@H]2OC(C)(C)O[C@@H]2/C=C/C=C[C@@H](C)CO[Si](C)(C)C(C)(C)C)C[C@@H]1[Si](C)(C)c1ccccc1. The normalized spacial score (nSPS) is 26.7. The molecule has 0 radical (unpaired) electrons. The van der Waals surface area contributed by atoms with Crippen LogP contribution in [0.25, 0.3) is 0 Å². The molecular formula is C43H70O7Si2. The second-order valence-electron chi connectivity index (χ2n) is 17.5. The van der Waals surface area contributed by atoms with Crippen molar-refractivity contribution in [1.29, 1.82) is 0 Å². The quantitative estimate of drug-likeness (QED) is 0.0498. The van der Waals surface area contributed by atoms with Gasteiger partial charge in [0.25, 0.3) is 0 Å². The van der Waals surface area contributed by atoms with Crippen molar-refractivity contribution in [3.8, 4) is 12.3 Å². The van der Waals surface area contributed by atoms with Crippen molar-refractivity contribution < 1.29 is 33.2 Å². The van der Waals surface area contributed by atoms with Gasteiger partial charge in [-0.15, -0.1) is 12.3 Å². The van der Waals surface area contributed by atoms with Crippen LogP contribution in [0.15, 0.2) is 66.8 Å². The molecule has 0 amide bonds. The van der Waals surface area contributed by atoms with Crippen LogP contribution in [0.4, 0.5) is 0 Å². The van der Waals surface area contributed by atoms with Crippen molar-refractivity contribution in [2.45, 2.75) is 153 Å². The molecule has 1 aromatic rings. The fourth-order valence-corrected chi connectivity index (χ4v) is 11.4. The summed E-state index contributed by atoms with van der Waals surface area (Å²) in [5.74, 6) is 2.22. The van der Waals surface area contributed by atoms with Crippen LogP contribution in [-0.4, -0.2) is 84.4 Å². The maximum Gasteiger partial charge on any atom is 0.192 e. The van der Waals surface area contributed by atoms with E-state index in [0.717, 1.165) is 25.9 Å². The fraction of sp³-hybridized carbons (Fsp3) is 0.674. The lowest BCUT2D eigenvalue weighted by Crippen LogP contribution is -2.54. The molecule has 0 aliphatic carbocycles. The zero-order valence-electron chi connectivity index (χ0n) is 34.3. The Labute approximate surface area is 318 Å².